The molecule has 0 aliphatic heterocycles. The highest BCUT2D eigenvalue weighted by molar-refractivity contribution is 7.66. The van der Waals surface area contributed by atoms with Crippen LogP contribution in [0.2, 0.25) is 0 Å². The highest BCUT2D eigenvalue weighted by Gasteiger charge is 2.47. The fourth-order valence-electron chi connectivity index (χ4n) is 2.59. The second kappa shape index (κ2) is 9.86. The number of unbranched alkanes of at least 4 members (excludes halogenated alkanes) is 3. The fourth-order valence-corrected chi connectivity index (χ4v) is 4.71. The van der Waals surface area contributed by atoms with Gasteiger partial charge in [0.15, 0.2) is 6.17 Å². The molecule has 9 heteroatoms. The van der Waals surface area contributed by atoms with Crippen molar-refractivity contribution in [3.63, 3.8) is 0 Å². The molecule has 0 saturated heterocycles. The van der Waals surface area contributed by atoms with Crippen LogP contribution < -0.4 is 5.30 Å². The predicted octanol–water partition coefficient (Wildman–Crippen LogP) is 6.93. The molecule has 0 amide bonds. The molecule has 0 heterocycles. The van der Waals surface area contributed by atoms with Crippen molar-refractivity contribution in [3.05, 3.63) is 29.8 Å². The SMILES string of the molecule is CCP(c1ccc(F)cc1F)C(F)(F)C(F)CCCCCCC(F)(F)F. The molecule has 150 valence electrons. The van der Waals surface area contributed by atoms with Gasteiger partial charge in [-0.25, -0.2) is 13.2 Å². The second-order valence-corrected chi connectivity index (χ2v) is 8.53. The lowest BCUT2D eigenvalue weighted by Gasteiger charge is -2.29. The van der Waals surface area contributed by atoms with Gasteiger partial charge in [0.1, 0.15) is 11.6 Å². The van der Waals surface area contributed by atoms with E-state index in [0.717, 1.165) is 12.1 Å². The van der Waals surface area contributed by atoms with Crippen molar-refractivity contribution in [1.82, 2.24) is 0 Å². The molecule has 2 atom stereocenters. The van der Waals surface area contributed by atoms with Crippen LogP contribution in [0, 0.1) is 11.6 Å². The van der Waals surface area contributed by atoms with Crippen molar-refractivity contribution in [2.45, 2.75) is 63.5 Å². The third-order valence-electron chi connectivity index (χ3n) is 3.92. The zero-order valence-corrected chi connectivity index (χ0v) is 15.1. The van der Waals surface area contributed by atoms with Crippen LogP contribution in [0.25, 0.3) is 0 Å². The molecule has 0 saturated carbocycles. The van der Waals surface area contributed by atoms with Crippen LogP contribution >= 0.6 is 7.92 Å². The summed E-state index contributed by atoms with van der Waals surface area (Å²) in [5, 5.41) is -0.387. The monoisotopic (exact) mass is 408 g/mol. The van der Waals surface area contributed by atoms with Crippen LogP contribution in [0.1, 0.15) is 45.4 Å². The van der Waals surface area contributed by atoms with Crippen molar-refractivity contribution in [1.29, 1.82) is 0 Å². The molecule has 0 aromatic heterocycles. The first-order chi connectivity index (χ1) is 12.0. The molecule has 0 aliphatic rings. The largest absolute Gasteiger partial charge is 0.389 e. The Hall–Kier alpha value is -0.910. The maximum atomic E-state index is 14.4. The molecular formula is C17H21F8P. The average molecular weight is 408 g/mol. The Balaban J connectivity index is 2.60. The standard InChI is InChI=1S/C17H21F8P/c1-2-26(14-9-8-12(18)11-13(14)19)17(24,25)15(20)7-5-3-4-6-10-16(21,22)23/h8-9,11,15H,2-7,10H2,1H3. The number of hydrogen-bond donors (Lipinski definition) is 0. The predicted molar refractivity (Wildman–Crippen MR) is 87.1 cm³/mol. The Kier molecular flexibility index (Phi) is 8.77. The van der Waals surface area contributed by atoms with Gasteiger partial charge in [-0.2, -0.15) is 22.0 Å². The number of hydrogen-bond acceptors (Lipinski definition) is 0. The van der Waals surface area contributed by atoms with Gasteiger partial charge in [0.25, 0.3) is 5.66 Å². The van der Waals surface area contributed by atoms with E-state index in [1.807, 2.05) is 0 Å². The van der Waals surface area contributed by atoms with E-state index in [-0.39, 0.29) is 37.1 Å². The number of alkyl halides is 6. The fraction of sp³-hybridized carbons (Fsp3) is 0.647. The third kappa shape index (κ3) is 7.01. The van der Waals surface area contributed by atoms with Gasteiger partial charge in [0.2, 0.25) is 0 Å². The van der Waals surface area contributed by atoms with Crippen molar-refractivity contribution in [3.8, 4) is 0 Å². The van der Waals surface area contributed by atoms with Gasteiger partial charge in [-0.1, -0.05) is 26.2 Å². The lowest BCUT2D eigenvalue weighted by atomic mass is 10.1. The molecular weight excluding hydrogens is 387 g/mol. The van der Waals surface area contributed by atoms with E-state index in [1.54, 1.807) is 0 Å². The Labute approximate surface area is 148 Å². The topological polar surface area (TPSA) is 0 Å². The lowest BCUT2D eigenvalue weighted by Crippen LogP contribution is -2.33. The zero-order valence-electron chi connectivity index (χ0n) is 14.2. The Morgan fingerprint density at radius 2 is 1.58 bits per heavy atom. The molecule has 0 aliphatic carbocycles. The maximum Gasteiger partial charge on any atom is 0.389 e. The van der Waals surface area contributed by atoms with E-state index < -0.39 is 50.4 Å². The average Bonchev–Trinajstić information content (AvgIpc) is 2.52. The minimum Gasteiger partial charge on any atom is -0.240 e. The summed E-state index contributed by atoms with van der Waals surface area (Å²) in [7, 11) is -2.51. The van der Waals surface area contributed by atoms with E-state index in [0.29, 0.717) is 6.07 Å². The summed E-state index contributed by atoms with van der Waals surface area (Å²) in [4.78, 5) is 0. The quantitative estimate of drug-likeness (QED) is 0.224. The van der Waals surface area contributed by atoms with E-state index in [4.69, 9.17) is 0 Å². The molecule has 2 unspecified atom stereocenters. The van der Waals surface area contributed by atoms with Crippen LogP contribution in [0.3, 0.4) is 0 Å². The van der Waals surface area contributed by atoms with Crippen LogP contribution in [-0.4, -0.2) is 24.2 Å². The van der Waals surface area contributed by atoms with Crippen LogP contribution in [0.5, 0.6) is 0 Å². The van der Waals surface area contributed by atoms with E-state index >= 15 is 0 Å². The van der Waals surface area contributed by atoms with Gasteiger partial charge in [-0.05, 0) is 31.1 Å². The van der Waals surface area contributed by atoms with E-state index in [1.165, 1.54) is 6.92 Å². The number of halogens is 8. The van der Waals surface area contributed by atoms with Gasteiger partial charge in [-0.15, -0.1) is 0 Å². The summed E-state index contributed by atoms with van der Waals surface area (Å²) in [6.45, 7) is 1.38. The second-order valence-electron chi connectivity index (χ2n) is 5.96. The first kappa shape index (κ1) is 23.1. The molecule has 26 heavy (non-hydrogen) atoms. The summed E-state index contributed by atoms with van der Waals surface area (Å²) in [6.07, 6.45) is -8.15. The maximum absolute atomic E-state index is 14.4. The van der Waals surface area contributed by atoms with Gasteiger partial charge in [0, 0.05) is 25.7 Å². The number of benzene rings is 1. The van der Waals surface area contributed by atoms with Gasteiger partial charge in [-0.3, -0.25) is 0 Å². The molecule has 0 radical (unpaired) electrons. The summed E-state index contributed by atoms with van der Waals surface area (Å²) < 4.78 is 106. The molecule has 0 spiro atoms. The van der Waals surface area contributed by atoms with E-state index in [2.05, 4.69) is 0 Å². The highest BCUT2D eigenvalue weighted by Crippen LogP contribution is 2.55. The summed E-state index contributed by atoms with van der Waals surface area (Å²) >= 11 is 0. The lowest BCUT2D eigenvalue weighted by molar-refractivity contribution is -0.135. The number of rotatable bonds is 10. The molecule has 0 nitrogen and oxygen atoms in total. The Bertz CT molecular complexity index is 558. The first-order valence-electron chi connectivity index (χ1n) is 8.30. The summed E-state index contributed by atoms with van der Waals surface area (Å²) in [5.41, 5.74) is -3.80. The molecule has 0 fully saturated rings. The summed E-state index contributed by atoms with van der Waals surface area (Å²) in [6, 6.07) is 2.26. The normalized spacial score (nSPS) is 15.1. The smallest absolute Gasteiger partial charge is 0.240 e. The minimum absolute atomic E-state index is 0.0212. The third-order valence-corrected chi connectivity index (χ3v) is 6.50. The van der Waals surface area contributed by atoms with Crippen molar-refractivity contribution >= 4 is 13.2 Å². The first-order valence-corrected chi connectivity index (χ1v) is 9.83. The van der Waals surface area contributed by atoms with Gasteiger partial charge >= 0.3 is 6.18 Å². The molecule has 1 aromatic carbocycles. The van der Waals surface area contributed by atoms with Gasteiger partial charge in [0.05, 0.1) is 0 Å². The van der Waals surface area contributed by atoms with Crippen molar-refractivity contribution in [2.75, 3.05) is 6.16 Å². The molecule has 1 rings (SSSR count). The highest BCUT2D eigenvalue weighted by atomic mass is 31.1. The van der Waals surface area contributed by atoms with Crippen LogP contribution in [0.15, 0.2) is 18.2 Å². The van der Waals surface area contributed by atoms with E-state index in [9.17, 15) is 35.1 Å². The van der Waals surface area contributed by atoms with Crippen molar-refractivity contribution in [2.24, 2.45) is 0 Å². The molecule has 1 aromatic rings. The van der Waals surface area contributed by atoms with Gasteiger partial charge < -0.3 is 0 Å². The molecule has 0 bridgehead atoms. The Morgan fingerprint density at radius 1 is 0.962 bits per heavy atom. The van der Waals surface area contributed by atoms with Crippen molar-refractivity contribution < 1.29 is 35.1 Å². The minimum atomic E-state index is -4.26. The van der Waals surface area contributed by atoms with Crippen LogP contribution in [-0.2, 0) is 0 Å². The summed E-state index contributed by atoms with van der Waals surface area (Å²) in [5.74, 6) is -2.03. The van der Waals surface area contributed by atoms with Crippen LogP contribution in [0.4, 0.5) is 35.1 Å². The zero-order chi connectivity index (χ0) is 20.0. The molecule has 0 N–H and O–H groups in total. The Morgan fingerprint density at radius 3 is 2.12 bits per heavy atom.